The number of aromatic nitrogens is 2. The van der Waals surface area contributed by atoms with E-state index in [2.05, 4.69) is 42.0 Å². The van der Waals surface area contributed by atoms with E-state index < -0.39 is 0 Å². The standard InChI is InChI=1S/C24H27BrN4O3/c1-24(2,3)20-14-21(29(27-20)18-9-11-19(32-5)12-10-18)26-22(30)15-28(4)23(31)16-7-6-8-17(25)13-16/h6-14H,15H2,1-5H3,(H,26,30). The Hall–Kier alpha value is -3.13. The Balaban J connectivity index is 1.81. The van der Waals surface area contributed by atoms with Crippen molar-refractivity contribution < 1.29 is 14.3 Å². The summed E-state index contributed by atoms with van der Waals surface area (Å²) in [5, 5.41) is 7.61. The molecule has 0 spiro atoms. The number of rotatable bonds is 6. The van der Waals surface area contributed by atoms with Crippen molar-refractivity contribution >= 4 is 33.6 Å². The number of hydrogen-bond donors (Lipinski definition) is 1. The Kier molecular flexibility index (Phi) is 7.03. The number of likely N-dealkylation sites (N-methyl/N-ethyl adjacent to an activating group) is 1. The smallest absolute Gasteiger partial charge is 0.254 e. The van der Waals surface area contributed by atoms with Crippen LogP contribution in [0.2, 0.25) is 0 Å². The number of hydrogen-bond acceptors (Lipinski definition) is 4. The van der Waals surface area contributed by atoms with Crippen LogP contribution in [0.25, 0.3) is 5.69 Å². The van der Waals surface area contributed by atoms with Gasteiger partial charge in [-0.2, -0.15) is 5.10 Å². The van der Waals surface area contributed by atoms with Gasteiger partial charge >= 0.3 is 0 Å². The van der Waals surface area contributed by atoms with Crippen molar-refractivity contribution in [2.24, 2.45) is 0 Å². The van der Waals surface area contributed by atoms with Crippen molar-refractivity contribution in [1.82, 2.24) is 14.7 Å². The molecule has 1 heterocycles. The number of halogens is 1. The molecule has 2 aromatic carbocycles. The molecular weight excluding hydrogens is 472 g/mol. The maximum atomic E-state index is 12.8. The van der Waals surface area contributed by atoms with Crippen LogP contribution in [0.15, 0.2) is 59.1 Å². The van der Waals surface area contributed by atoms with Gasteiger partial charge < -0.3 is 15.0 Å². The van der Waals surface area contributed by atoms with Crippen molar-refractivity contribution in [3.8, 4) is 11.4 Å². The minimum atomic E-state index is -0.314. The van der Waals surface area contributed by atoms with E-state index in [0.717, 1.165) is 21.6 Å². The van der Waals surface area contributed by atoms with Crippen molar-refractivity contribution in [3.63, 3.8) is 0 Å². The fraction of sp³-hybridized carbons (Fsp3) is 0.292. The van der Waals surface area contributed by atoms with Gasteiger partial charge in [0.05, 0.1) is 25.0 Å². The molecule has 0 radical (unpaired) electrons. The maximum Gasteiger partial charge on any atom is 0.254 e. The lowest BCUT2D eigenvalue weighted by Crippen LogP contribution is -2.35. The Labute approximate surface area is 196 Å². The van der Waals surface area contributed by atoms with Gasteiger partial charge in [-0.05, 0) is 42.5 Å². The van der Waals surface area contributed by atoms with Gasteiger partial charge in [-0.3, -0.25) is 9.59 Å². The molecule has 1 aromatic heterocycles. The molecule has 0 unspecified atom stereocenters. The molecule has 0 aliphatic heterocycles. The third-order valence-electron chi connectivity index (χ3n) is 4.86. The summed E-state index contributed by atoms with van der Waals surface area (Å²) in [4.78, 5) is 26.8. The number of benzene rings is 2. The van der Waals surface area contributed by atoms with Crippen molar-refractivity contribution in [2.45, 2.75) is 26.2 Å². The number of amides is 2. The average molecular weight is 499 g/mol. The normalized spacial score (nSPS) is 11.2. The number of nitrogens with one attached hydrogen (secondary N) is 1. The van der Waals surface area contributed by atoms with Gasteiger partial charge in [0.1, 0.15) is 11.6 Å². The summed E-state index contributed by atoms with van der Waals surface area (Å²) in [6.07, 6.45) is 0. The highest BCUT2D eigenvalue weighted by molar-refractivity contribution is 9.10. The first-order valence-corrected chi connectivity index (χ1v) is 10.9. The third kappa shape index (κ3) is 5.56. The molecule has 7 nitrogen and oxygen atoms in total. The van der Waals surface area contributed by atoms with Crippen LogP contribution < -0.4 is 10.1 Å². The van der Waals surface area contributed by atoms with Crippen LogP contribution in [0.3, 0.4) is 0 Å². The molecule has 32 heavy (non-hydrogen) atoms. The fourth-order valence-corrected chi connectivity index (χ4v) is 3.47. The zero-order valence-electron chi connectivity index (χ0n) is 18.8. The van der Waals surface area contributed by atoms with E-state index in [0.29, 0.717) is 11.4 Å². The summed E-state index contributed by atoms with van der Waals surface area (Å²) in [6, 6.07) is 16.4. The summed E-state index contributed by atoms with van der Waals surface area (Å²) in [5.41, 5.74) is 1.93. The fourth-order valence-electron chi connectivity index (χ4n) is 3.07. The Bertz CT molecular complexity index is 1120. The topological polar surface area (TPSA) is 76.5 Å². The SMILES string of the molecule is COc1ccc(-n2nc(C(C)(C)C)cc2NC(=O)CN(C)C(=O)c2cccc(Br)c2)cc1. The Morgan fingerprint density at radius 2 is 1.81 bits per heavy atom. The highest BCUT2D eigenvalue weighted by atomic mass is 79.9. The minimum absolute atomic E-state index is 0.0933. The van der Waals surface area contributed by atoms with E-state index in [4.69, 9.17) is 9.84 Å². The molecule has 3 aromatic rings. The first kappa shape index (κ1) is 23.5. The van der Waals surface area contributed by atoms with Crippen LogP contribution in [0.5, 0.6) is 5.75 Å². The Morgan fingerprint density at radius 3 is 2.41 bits per heavy atom. The molecule has 1 N–H and O–H groups in total. The highest BCUT2D eigenvalue weighted by Crippen LogP contribution is 2.27. The molecule has 168 valence electrons. The summed E-state index contributed by atoms with van der Waals surface area (Å²) in [6.45, 7) is 6.08. The summed E-state index contributed by atoms with van der Waals surface area (Å²) < 4.78 is 7.72. The number of nitrogens with zero attached hydrogens (tertiary/aromatic N) is 3. The molecule has 0 aliphatic rings. The number of ether oxygens (including phenoxy) is 1. The lowest BCUT2D eigenvalue weighted by atomic mass is 9.92. The number of carbonyl (C=O) groups is 2. The van der Waals surface area contributed by atoms with Gasteiger partial charge in [-0.15, -0.1) is 0 Å². The molecule has 0 aliphatic carbocycles. The lowest BCUT2D eigenvalue weighted by molar-refractivity contribution is -0.116. The van der Waals surface area contributed by atoms with Crippen LogP contribution in [0.4, 0.5) is 5.82 Å². The van der Waals surface area contributed by atoms with E-state index in [1.54, 1.807) is 37.0 Å². The molecule has 3 rings (SSSR count). The van der Waals surface area contributed by atoms with Gasteiger partial charge in [-0.1, -0.05) is 42.8 Å². The van der Waals surface area contributed by atoms with Crippen LogP contribution in [0, 0.1) is 0 Å². The number of methoxy groups -OCH3 is 1. The van der Waals surface area contributed by atoms with Gasteiger partial charge in [0.15, 0.2) is 0 Å². The van der Waals surface area contributed by atoms with Gasteiger partial charge in [0, 0.05) is 28.6 Å². The zero-order chi connectivity index (χ0) is 23.5. The van der Waals surface area contributed by atoms with Crippen LogP contribution in [0.1, 0.15) is 36.8 Å². The van der Waals surface area contributed by atoms with E-state index in [-0.39, 0.29) is 23.8 Å². The maximum absolute atomic E-state index is 12.8. The lowest BCUT2D eigenvalue weighted by Gasteiger charge is -2.17. The molecule has 0 atom stereocenters. The average Bonchev–Trinajstić information content (AvgIpc) is 3.17. The summed E-state index contributed by atoms with van der Waals surface area (Å²) in [7, 11) is 3.21. The van der Waals surface area contributed by atoms with Crippen LogP contribution in [-0.2, 0) is 10.2 Å². The Morgan fingerprint density at radius 1 is 1.12 bits per heavy atom. The molecule has 0 bridgehead atoms. The quantitative estimate of drug-likeness (QED) is 0.536. The van der Waals surface area contributed by atoms with E-state index >= 15 is 0 Å². The van der Waals surface area contributed by atoms with Crippen molar-refractivity contribution in [1.29, 1.82) is 0 Å². The number of anilines is 1. The van der Waals surface area contributed by atoms with E-state index in [9.17, 15) is 9.59 Å². The highest BCUT2D eigenvalue weighted by Gasteiger charge is 2.22. The monoisotopic (exact) mass is 498 g/mol. The van der Waals surface area contributed by atoms with Gasteiger partial charge in [0.2, 0.25) is 5.91 Å². The first-order chi connectivity index (χ1) is 15.1. The molecule has 0 fully saturated rings. The predicted octanol–water partition coefficient (Wildman–Crippen LogP) is 4.65. The second-order valence-corrected chi connectivity index (χ2v) is 9.41. The second-order valence-electron chi connectivity index (χ2n) is 8.49. The van der Waals surface area contributed by atoms with Crippen LogP contribution >= 0.6 is 15.9 Å². The summed E-state index contributed by atoms with van der Waals surface area (Å²) >= 11 is 3.36. The van der Waals surface area contributed by atoms with Crippen molar-refractivity contribution in [2.75, 3.05) is 26.0 Å². The largest absolute Gasteiger partial charge is 0.497 e. The summed E-state index contributed by atoms with van der Waals surface area (Å²) in [5.74, 6) is 0.718. The predicted molar refractivity (Wildman–Crippen MR) is 129 cm³/mol. The molecule has 2 amide bonds. The molecule has 0 saturated carbocycles. The second kappa shape index (κ2) is 9.56. The van der Waals surface area contributed by atoms with Gasteiger partial charge in [-0.25, -0.2) is 4.68 Å². The number of carbonyl (C=O) groups excluding carboxylic acids is 2. The molecule has 8 heteroatoms. The van der Waals surface area contributed by atoms with Crippen LogP contribution in [-0.4, -0.2) is 47.2 Å². The molecular formula is C24H27BrN4O3. The minimum Gasteiger partial charge on any atom is -0.497 e. The first-order valence-electron chi connectivity index (χ1n) is 10.1. The molecule has 0 saturated heterocycles. The van der Waals surface area contributed by atoms with Gasteiger partial charge in [0.25, 0.3) is 5.91 Å². The van der Waals surface area contributed by atoms with Crippen molar-refractivity contribution in [3.05, 3.63) is 70.3 Å². The third-order valence-corrected chi connectivity index (χ3v) is 5.35. The van der Waals surface area contributed by atoms with E-state index in [1.807, 2.05) is 36.4 Å². The van der Waals surface area contributed by atoms with E-state index in [1.165, 1.54) is 4.90 Å². The zero-order valence-corrected chi connectivity index (χ0v) is 20.4.